The van der Waals surface area contributed by atoms with Crippen LogP contribution in [0.5, 0.6) is 0 Å². The molecule has 0 spiro atoms. The molecule has 0 aromatic carbocycles. The van der Waals surface area contributed by atoms with E-state index in [0.29, 0.717) is 50.8 Å². The highest BCUT2D eigenvalue weighted by Crippen LogP contribution is 2.29. The summed E-state index contributed by atoms with van der Waals surface area (Å²) in [4.78, 5) is 23.5. The molecule has 1 unspecified atom stereocenters. The van der Waals surface area contributed by atoms with Gasteiger partial charge in [0, 0.05) is 50.0 Å². The second kappa shape index (κ2) is 11.6. The average Bonchev–Trinajstić information content (AvgIpc) is 3.07. The molecule has 0 aromatic heterocycles. The van der Waals surface area contributed by atoms with E-state index >= 15 is 0 Å². The first-order valence-electron chi connectivity index (χ1n) is 11.7. The Morgan fingerprint density at radius 1 is 1.24 bits per heavy atom. The van der Waals surface area contributed by atoms with Crippen molar-refractivity contribution in [1.29, 1.82) is 0 Å². The zero-order chi connectivity index (χ0) is 23.0. The van der Waals surface area contributed by atoms with Crippen LogP contribution in [0.4, 0.5) is 0 Å². The predicted molar refractivity (Wildman–Crippen MR) is 126 cm³/mol. The molecule has 33 heavy (non-hydrogen) atoms. The maximum absolute atomic E-state index is 12.9. The van der Waals surface area contributed by atoms with Crippen LogP contribution in [-0.2, 0) is 19.0 Å². The van der Waals surface area contributed by atoms with Crippen molar-refractivity contribution >= 4 is 18.1 Å². The van der Waals surface area contributed by atoms with Gasteiger partial charge in [0.2, 0.25) is 0 Å². The number of carbonyl (C=O) groups excluding carboxylic acids is 1. The minimum Gasteiger partial charge on any atom is -0.493 e. The molecule has 0 saturated heterocycles. The molecule has 4 rings (SSSR count). The summed E-state index contributed by atoms with van der Waals surface area (Å²) in [5, 5.41) is 10.2. The molecule has 10 nitrogen and oxygen atoms in total. The highest BCUT2D eigenvalue weighted by atomic mass is 16.6. The van der Waals surface area contributed by atoms with E-state index in [0.717, 1.165) is 43.1 Å². The Morgan fingerprint density at radius 3 is 3.00 bits per heavy atom. The summed E-state index contributed by atoms with van der Waals surface area (Å²) in [6, 6.07) is 0. The molecule has 180 valence electrons. The summed E-state index contributed by atoms with van der Waals surface area (Å²) in [5.41, 5.74) is 2.50. The molecule has 10 heteroatoms. The normalized spacial score (nSPS) is 26.3. The van der Waals surface area contributed by atoms with E-state index in [4.69, 9.17) is 14.2 Å². The number of ether oxygens (including phenoxy) is 3. The number of carbonyl (C=O) groups is 1. The van der Waals surface area contributed by atoms with Gasteiger partial charge in [-0.1, -0.05) is 0 Å². The Bertz CT molecular complexity index is 878. The van der Waals surface area contributed by atoms with Gasteiger partial charge in [0.1, 0.15) is 30.6 Å². The molecule has 3 N–H and O–H groups in total. The molecule has 4 aliphatic rings. The summed E-state index contributed by atoms with van der Waals surface area (Å²) in [6.07, 6.45) is 6.54. The molecular formula is C23H34N6O4. The first-order chi connectivity index (χ1) is 16.2. The number of amidine groups is 1. The van der Waals surface area contributed by atoms with E-state index < -0.39 is 0 Å². The molecule has 0 radical (unpaired) electrons. The van der Waals surface area contributed by atoms with E-state index in [1.54, 1.807) is 11.9 Å². The first-order valence-corrected chi connectivity index (χ1v) is 11.7. The number of hydrogen-bond acceptors (Lipinski definition) is 9. The molecule has 2 bridgehead atoms. The smallest absolute Gasteiger partial charge is 0.253 e. The van der Waals surface area contributed by atoms with E-state index in [-0.39, 0.29) is 18.2 Å². The summed E-state index contributed by atoms with van der Waals surface area (Å²) in [6.45, 7) is 7.15. The van der Waals surface area contributed by atoms with Crippen LogP contribution < -0.4 is 16.0 Å². The molecule has 3 heterocycles. The maximum atomic E-state index is 12.9. The van der Waals surface area contributed by atoms with Crippen molar-refractivity contribution in [2.24, 2.45) is 9.98 Å². The Labute approximate surface area is 194 Å². The van der Waals surface area contributed by atoms with Gasteiger partial charge in [-0.3, -0.25) is 4.79 Å². The van der Waals surface area contributed by atoms with E-state index in [1.807, 2.05) is 19.1 Å². The van der Waals surface area contributed by atoms with Crippen LogP contribution in [0.2, 0.25) is 0 Å². The van der Waals surface area contributed by atoms with Crippen molar-refractivity contribution in [3.05, 3.63) is 34.8 Å². The first kappa shape index (κ1) is 23.6. The molecule has 3 aliphatic heterocycles. The number of rotatable bonds is 5. The van der Waals surface area contributed by atoms with Crippen molar-refractivity contribution in [1.82, 2.24) is 20.9 Å². The maximum Gasteiger partial charge on any atom is 0.253 e. The minimum absolute atomic E-state index is 0.0148. The van der Waals surface area contributed by atoms with Crippen LogP contribution in [0.15, 0.2) is 44.7 Å². The molecule has 0 saturated carbocycles. The highest BCUT2D eigenvalue weighted by molar-refractivity contribution is 6.14. The topological polar surface area (TPSA) is 109 Å². The van der Waals surface area contributed by atoms with Crippen molar-refractivity contribution in [3.63, 3.8) is 0 Å². The predicted octanol–water partition coefficient (Wildman–Crippen LogP) is 0.304. The lowest BCUT2D eigenvalue weighted by molar-refractivity contribution is -0.125. The van der Waals surface area contributed by atoms with Gasteiger partial charge in [0.05, 0.1) is 13.2 Å². The van der Waals surface area contributed by atoms with Crippen LogP contribution in [0.1, 0.15) is 19.8 Å². The van der Waals surface area contributed by atoms with Crippen LogP contribution in [0.3, 0.4) is 0 Å². The number of aliphatic imine (C=N–C) groups is 2. The summed E-state index contributed by atoms with van der Waals surface area (Å²) < 4.78 is 17.5. The van der Waals surface area contributed by atoms with Crippen LogP contribution in [0.25, 0.3) is 0 Å². The zero-order valence-corrected chi connectivity index (χ0v) is 19.4. The number of nitrogens with zero attached hydrogens (tertiary/aromatic N) is 3. The molecule has 2 atom stereocenters. The monoisotopic (exact) mass is 458 g/mol. The number of nitrogens with one attached hydrogen (secondary N) is 3. The lowest BCUT2D eigenvalue weighted by Crippen LogP contribution is -2.38. The van der Waals surface area contributed by atoms with Gasteiger partial charge in [0.15, 0.2) is 6.17 Å². The summed E-state index contributed by atoms with van der Waals surface area (Å²) in [7, 11) is 1.78. The third kappa shape index (κ3) is 5.70. The Hall–Kier alpha value is -2.53. The van der Waals surface area contributed by atoms with Gasteiger partial charge in [-0.25, -0.2) is 9.98 Å². The molecular weight excluding hydrogens is 424 g/mol. The van der Waals surface area contributed by atoms with Gasteiger partial charge >= 0.3 is 0 Å². The number of allylic oxidation sites excluding steroid dienone is 1. The fourth-order valence-electron chi connectivity index (χ4n) is 4.20. The van der Waals surface area contributed by atoms with Gasteiger partial charge in [-0.05, 0) is 38.6 Å². The molecule has 0 aromatic rings. The van der Waals surface area contributed by atoms with E-state index in [9.17, 15) is 4.79 Å². The van der Waals surface area contributed by atoms with Crippen molar-refractivity contribution in [2.45, 2.75) is 32.0 Å². The van der Waals surface area contributed by atoms with Crippen molar-refractivity contribution in [2.75, 3.05) is 59.7 Å². The molecule has 0 fully saturated rings. The fraction of sp³-hybridized carbons (Fsp3) is 0.609. The van der Waals surface area contributed by atoms with E-state index in [2.05, 4.69) is 25.9 Å². The summed E-state index contributed by atoms with van der Waals surface area (Å²) in [5.74, 6) is 1.45. The second-order valence-corrected chi connectivity index (χ2v) is 8.17. The van der Waals surface area contributed by atoms with E-state index in [1.165, 1.54) is 6.34 Å². The Morgan fingerprint density at radius 2 is 2.12 bits per heavy atom. The second-order valence-electron chi connectivity index (χ2n) is 8.17. The average molecular weight is 459 g/mol. The van der Waals surface area contributed by atoms with Gasteiger partial charge in [0.25, 0.3) is 5.91 Å². The van der Waals surface area contributed by atoms with Crippen LogP contribution in [0, 0.1) is 0 Å². The van der Waals surface area contributed by atoms with Gasteiger partial charge in [-0.15, -0.1) is 0 Å². The van der Waals surface area contributed by atoms with Crippen molar-refractivity contribution < 1.29 is 19.0 Å². The summed E-state index contributed by atoms with van der Waals surface area (Å²) >= 11 is 0. The number of hydrogen-bond donors (Lipinski definition) is 3. The number of fused-ring (bicyclic) bond motifs is 1. The third-order valence-corrected chi connectivity index (χ3v) is 5.90. The van der Waals surface area contributed by atoms with Gasteiger partial charge in [-0.2, -0.15) is 0 Å². The quantitative estimate of drug-likeness (QED) is 0.509. The standard InChI is InChI=1S/C23H34N6O4/c1-3-31-11-12-33-18-6-5-16-13-19(18)32-10-9-24-7-4-8-25-14-17-20-21(28-16)26-15-27-22(20)29(2)23(17)30/h6,13,15,19,22,24-25H,3-5,7-12,14H2,1-2H3,(H,26,27,28)/t19-,22?/m1/s1. The number of likely N-dealkylation sites (N-methyl/N-ethyl adjacent to an activating group) is 1. The lowest BCUT2D eigenvalue weighted by Gasteiger charge is -2.27. The lowest BCUT2D eigenvalue weighted by atomic mass is 10.0. The highest BCUT2D eigenvalue weighted by Gasteiger charge is 2.40. The van der Waals surface area contributed by atoms with Crippen LogP contribution >= 0.6 is 0 Å². The number of amides is 1. The Balaban J connectivity index is 1.55. The molecule has 1 aliphatic carbocycles. The fourth-order valence-corrected chi connectivity index (χ4v) is 4.20. The van der Waals surface area contributed by atoms with Crippen molar-refractivity contribution in [3.8, 4) is 0 Å². The third-order valence-electron chi connectivity index (χ3n) is 5.90. The van der Waals surface area contributed by atoms with Crippen LogP contribution in [-0.4, -0.2) is 94.9 Å². The SMILES string of the molecule is CCOCCOC1=CCC2=C[C@H]1OCCNCCCNCC1=C3C(=NC=NC3N(C)C1=O)N2. The Kier molecular flexibility index (Phi) is 8.27. The minimum atomic E-state index is -0.348. The van der Waals surface area contributed by atoms with Gasteiger partial charge < -0.3 is 35.1 Å². The molecule has 1 amide bonds. The zero-order valence-electron chi connectivity index (χ0n) is 19.4. The largest absolute Gasteiger partial charge is 0.493 e.